The predicted molar refractivity (Wildman–Crippen MR) is 120 cm³/mol. The number of likely N-dealkylation sites (N-methyl/N-ethyl adjacent to an activating group) is 1. The number of benzene rings is 2. The number of anilines is 2. The molecule has 0 saturated carbocycles. The number of ether oxygens (including phenoxy) is 1. The SMILES string of the molecule is C=CCN(C)CC=CCOc1ccc2c(c1)CCCN2C(=O)Nc1ccc(F)cc1. The van der Waals surface area contributed by atoms with Gasteiger partial charge in [-0.1, -0.05) is 18.2 Å². The fourth-order valence-corrected chi connectivity index (χ4v) is 3.36. The highest BCUT2D eigenvalue weighted by molar-refractivity contribution is 6.02. The summed E-state index contributed by atoms with van der Waals surface area (Å²) in [6.45, 7) is 6.56. The molecule has 0 atom stereocenters. The number of rotatable bonds is 8. The molecule has 0 bridgehead atoms. The summed E-state index contributed by atoms with van der Waals surface area (Å²) in [5, 5.41) is 2.83. The summed E-state index contributed by atoms with van der Waals surface area (Å²) in [5.74, 6) is 0.459. The number of hydrogen-bond acceptors (Lipinski definition) is 3. The van der Waals surface area contributed by atoms with Crippen LogP contribution in [0.5, 0.6) is 5.75 Å². The second-order valence-electron chi connectivity index (χ2n) is 7.28. The molecular formula is C24H28FN3O2. The highest BCUT2D eigenvalue weighted by atomic mass is 19.1. The quantitative estimate of drug-likeness (QED) is 0.633. The normalized spacial score (nSPS) is 13.4. The van der Waals surface area contributed by atoms with Crippen molar-refractivity contribution in [2.45, 2.75) is 12.8 Å². The van der Waals surface area contributed by atoms with Gasteiger partial charge in [0.1, 0.15) is 18.2 Å². The standard InChI is InChI=1S/C24H28FN3O2/c1-3-14-27(2)15-4-5-17-30-22-12-13-23-19(18-22)7-6-16-28(23)24(29)26-21-10-8-20(25)9-11-21/h3-5,8-13,18H,1,6-7,14-17H2,2H3,(H,26,29). The van der Waals surface area contributed by atoms with E-state index >= 15 is 0 Å². The number of nitrogens with zero attached hydrogens (tertiary/aromatic N) is 2. The molecule has 0 radical (unpaired) electrons. The second kappa shape index (κ2) is 10.6. The first kappa shape index (κ1) is 21.6. The first-order chi connectivity index (χ1) is 14.6. The van der Waals surface area contributed by atoms with E-state index in [0.717, 1.165) is 42.9 Å². The maximum atomic E-state index is 13.1. The minimum atomic E-state index is -0.331. The molecule has 1 heterocycles. The first-order valence-corrected chi connectivity index (χ1v) is 10.1. The van der Waals surface area contributed by atoms with Crippen LogP contribution in [0.25, 0.3) is 0 Å². The van der Waals surface area contributed by atoms with Crippen molar-refractivity contribution in [1.29, 1.82) is 0 Å². The van der Waals surface area contributed by atoms with Gasteiger partial charge in [0.25, 0.3) is 0 Å². The number of halogens is 1. The van der Waals surface area contributed by atoms with Gasteiger partial charge >= 0.3 is 6.03 Å². The summed E-state index contributed by atoms with van der Waals surface area (Å²) in [6, 6.07) is 11.4. The van der Waals surface area contributed by atoms with Gasteiger partial charge < -0.3 is 10.1 Å². The molecule has 1 N–H and O–H groups in total. The van der Waals surface area contributed by atoms with Crippen molar-refractivity contribution in [2.75, 3.05) is 43.5 Å². The van der Waals surface area contributed by atoms with Gasteiger partial charge in [-0.05, 0) is 67.9 Å². The molecule has 1 aliphatic heterocycles. The summed E-state index contributed by atoms with van der Waals surface area (Å²) in [5.41, 5.74) is 2.54. The van der Waals surface area contributed by atoms with Crippen LogP contribution in [0.4, 0.5) is 20.6 Å². The van der Waals surface area contributed by atoms with Crippen molar-refractivity contribution in [2.24, 2.45) is 0 Å². The van der Waals surface area contributed by atoms with Crippen LogP contribution >= 0.6 is 0 Å². The van der Waals surface area contributed by atoms with Crippen LogP contribution in [0.3, 0.4) is 0 Å². The van der Waals surface area contributed by atoms with Crippen LogP contribution in [-0.4, -0.2) is 44.2 Å². The molecule has 5 nitrogen and oxygen atoms in total. The maximum absolute atomic E-state index is 13.1. The molecule has 2 aromatic carbocycles. The lowest BCUT2D eigenvalue weighted by Gasteiger charge is -2.30. The average Bonchev–Trinajstić information content (AvgIpc) is 2.74. The summed E-state index contributed by atoms with van der Waals surface area (Å²) in [7, 11) is 2.04. The van der Waals surface area contributed by atoms with Crippen molar-refractivity contribution in [3.8, 4) is 5.75 Å². The summed E-state index contributed by atoms with van der Waals surface area (Å²) in [6.07, 6.45) is 7.73. The minimum absolute atomic E-state index is 0.220. The molecule has 1 aliphatic rings. The smallest absolute Gasteiger partial charge is 0.326 e. The largest absolute Gasteiger partial charge is 0.490 e. The molecule has 0 fully saturated rings. The molecule has 158 valence electrons. The van der Waals surface area contributed by atoms with E-state index in [1.54, 1.807) is 17.0 Å². The average molecular weight is 410 g/mol. The molecule has 30 heavy (non-hydrogen) atoms. The third kappa shape index (κ3) is 5.94. The molecule has 0 aromatic heterocycles. The molecule has 0 unspecified atom stereocenters. The van der Waals surface area contributed by atoms with Gasteiger partial charge in [-0.2, -0.15) is 0 Å². The van der Waals surface area contributed by atoms with E-state index in [-0.39, 0.29) is 11.8 Å². The van der Waals surface area contributed by atoms with Crippen molar-refractivity contribution in [1.82, 2.24) is 4.90 Å². The first-order valence-electron chi connectivity index (χ1n) is 10.1. The maximum Gasteiger partial charge on any atom is 0.326 e. The second-order valence-corrected chi connectivity index (χ2v) is 7.28. The Balaban J connectivity index is 1.58. The molecule has 6 heteroatoms. The summed E-state index contributed by atoms with van der Waals surface area (Å²) in [4.78, 5) is 16.6. The molecule has 0 saturated heterocycles. The monoisotopic (exact) mass is 409 g/mol. The Kier molecular flexibility index (Phi) is 7.63. The van der Waals surface area contributed by atoms with Gasteiger partial charge in [0.15, 0.2) is 0 Å². The lowest BCUT2D eigenvalue weighted by atomic mass is 10.0. The topological polar surface area (TPSA) is 44.8 Å². The third-order valence-electron chi connectivity index (χ3n) is 4.88. The van der Waals surface area contributed by atoms with Gasteiger partial charge in [0.05, 0.1) is 0 Å². The van der Waals surface area contributed by atoms with Crippen molar-refractivity contribution in [3.63, 3.8) is 0 Å². The van der Waals surface area contributed by atoms with Crippen LogP contribution in [-0.2, 0) is 6.42 Å². The Morgan fingerprint density at radius 2 is 2.03 bits per heavy atom. The minimum Gasteiger partial charge on any atom is -0.490 e. The number of amides is 2. The van der Waals surface area contributed by atoms with Crippen LogP contribution in [0.2, 0.25) is 0 Å². The van der Waals surface area contributed by atoms with E-state index in [2.05, 4.69) is 22.9 Å². The number of aryl methyl sites for hydroxylation is 1. The lowest BCUT2D eigenvalue weighted by molar-refractivity contribution is 0.256. The molecule has 3 rings (SSSR count). The van der Waals surface area contributed by atoms with Gasteiger partial charge in [0.2, 0.25) is 0 Å². The van der Waals surface area contributed by atoms with E-state index in [9.17, 15) is 9.18 Å². The van der Waals surface area contributed by atoms with Crippen molar-refractivity contribution >= 4 is 17.4 Å². The molecule has 0 spiro atoms. The van der Waals surface area contributed by atoms with Crippen LogP contribution in [0.15, 0.2) is 67.3 Å². The zero-order valence-corrected chi connectivity index (χ0v) is 17.3. The number of fused-ring (bicyclic) bond motifs is 1. The number of hydrogen-bond donors (Lipinski definition) is 1. The summed E-state index contributed by atoms with van der Waals surface area (Å²) < 4.78 is 18.9. The van der Waals surface area contributed by atoms with Gasteiger partial charge in [0, 0.05) is 31.0 Å². The molecular weight excluding hydrogens is 381 g/mol. The molecule has 0 aliphatic carbocycles. The molecule has 2 aromatic rings. The van der Waals surface area contributed by atoms with E-state index in [4.69, 9.17) is 4.74 Å². The van der Waals surface area contributed by atoms with Crippen LogP contribution in [0, 0.1) is 5.82 Å². The summed E-state index contributed by atoms with van der Waals surface area (Å²) >= 11 is 0. The zero-order chi connectivity index (χ0) is 21.3. The Bertz CT molecular complexity index is 896. The molecule has 2 amide bonds. The Labute approximate surface area is 177 Å². The highest BCUT2D eigenvalue weighted by Crippen LogP contribution is 2.31. The number of nitrogens with one attached hydrogen (secondary N) is 1. The lowest BCUT2D eigenvalue weighted by Crippen LogP contribution is -2.38. The Hall–Kier alpha value is -3.12. The van der Waals surface area contributed by atoms with Crippen LogP contribution < -0.4 is 15.0 Å². The zero-order valence-electron chi connectivity index (χ0n) is 17.3. The predicted octanol–water partition coefficient (Wildman–Crippen LogP) is 4.86. The third-order valence-corrected chi connectivity index (χ3v) is 4.88. The fraction of sp³-hybridized carbons (Fsp3) is 0.292. The van der Waals surface area contributed by atoms with Gasteiger partial charge in [-0.25, -0.2) is 9.18 Å². The number of carbonyl (C=O) groups excluding carboxylic acids is 1. The Morgan fingerprint density at radius 1 is 1.23 bits per heavy atom. The van der Waals surface area contributed by atoms with Gasteiger partial charge in [-0.15, -0.1) is 6.58 Å². The Morgan fingerprint density at radius 3 is 2.80 bits per heavy atom. The number of carbonyl (C=O) groups is 1. The fourth-order valence-electron chi connectivity index (χ4n) is 3.36. The van der Waals surface area contributed by atoms with E-state index in [0.29, 0.717) is 18.8 Å². The number of urea groups is 1. The van der Waals surface area contributed by atoms with Crippen molar-refractivity contribution in [3.05, 3.63) is 78.7 Å². The van der Waals surface area contributed by atoms with E-state index in [1.807, 2.05) is 37.4 Å². The van der Waals surface area contributed by atoms with E-state index < -0.39 is 0 Å². The van der Waals surface area contributed by atoms with Gasteiger partial charge in [-0.3, -0.25) is 9.80 Å². The van der Waals surface area contributed by atoms with Crippen LogP contribution in [0.1, 0.15) is 12.0 Å². The highest BCUT2D eigenvalue weighted by Gasteiger charge is 2.23. The van der Waals surface area contributed by atoms with E-state index in [1.165, 1.54) is 12.1 Å². The van der Waals surface area contributed by atoms with Crippen molar-refractivity contribution < 1.29 is 13.9 Å².